The van der Waals surface area contributed by atoms with E-state index in [0.717, 1.165) is 0 Å². The van der Waals surface area contributed by atoms with Crippen molar-refractivity contribution < 1.29 is 24.5 Å². The van der Waals surface area contributed by atoms with Crippen LogP contribution in [0, 0.1) is 0 Å². The molecule has 0 bridgehead atoms. The number of ether oxygens (including phenoxy) is 1. The van der Waals surface area contributed by atoms with Crippen LogP contribution in [0.1, 0.15) is 26.3 Å². The summed E-state index contributed by atoms with van der Waals surface area (Å²) in [6.07, 6.45) is 0. The smallest absolute Gasteiger partial charge is 0.343 e. The summed E-state index contributed by atoms with van der Waals surface area (Å²) in [5.41, 5.74) is 1.17. The van der Waals surface area contributed by atoms with Crippen molar-refractivity contribution in [3.63, 3.8) is 0 Å². The highest BCUT2D eigenvalue weighted by molar-refractivity contribution is 5.91. The van der Waals surface area contributed by atoms with Gasteiger partial charge in [-0.05, 0) is 42.0 Å². The standard InChI is InChI=1S/C15H12O5/c16-9-10-1-3-12(4-2-10)15(19)20-13-7-5-11(6-8-13)14(17)18/h1-8,16H,9H2,(H,17,18). The molecule has 20 heavy (non-hydrogen) atoms. The number of esters is 1. The largest absolute Gasteiger partial charge is 0.478 e. The molecule has 5 nitrogen and oxygen atoms in total. The van der Waals surface area contributed by atoms with Gasteiger partial charge in [-0.3, -0.25) is 0 Å². The van der Waals surface area contributed by atoms with E-state index >= 15 is 0 Å². The summed E-state index contributed by atoms with van der Waals surface area (Å²) >= 11 is 0. The zero-order chi connectivity index (χ0) is 14.5. The summed E-state index contributed by atoms with van der Waals surface area (Å²) in [4.78, 5) is 22.5. The fourth-order valence-corrected chi connectivity index (χ4v) is 1.58. The summed E-state index contributed by atoms with van der Waals surface area (Å²) in [7, 11) is 0. The van der Waals surface area contributed by atoms with E-state index in [1.165, 1.54) is 24.3 Å². The number of aromatic carboxylic acids is 1. The number of benzene rings is 2. The molecule has 0 aromatic heterocycles. The molecule has 0 saturated carbocycles. The first kappa shape index (κ1) is 13.8. The van der Waals surface area contributed by atoms with Crippen LogP contribution < -0.4 is 4.74 Å². The number of carbonyl (C=O) groups excluding carboxylic acids is 1. The highest BCUT2D eigenvalue weighted by Crippen LogP contribution is 2.15. The molecule has 0 amide bonds. The van der Waals surface area contributed by atoms with Gasteiger partial charge in [-0.25, -0.2) is 9.59 Å². The van der Waals surface area contributed by atoms with Crippen molar-refractivity contribution in [3.05, 3.63) is 65.2 Å². The molecule has 0 atom stereocenters. The molecule has 2 aromatic rings. The molecule has 0 aliphatic carbocycles. The molecule has 0 aliphatic rings. The van der Waals surface area contributed by atoms with E-state index < -0.39 is 11.9 Å². The van der Waals surface area contributed by atoms with Crippen molar-refractivity contribution in [2.24, 2.45) is 0 Å². The fraction of sp³-hybridized carbons (Fsp3) is 0.0667. The highest BCUT2D eigenvalue weighted by atomic mass is 16.5. The lowest BCUT2D eigenvalue weighted by molar-refractivity contribution is 0.0696. The lowest BCUT2D eigenvalue weighted by Gasteiger charge is -2.05. The Bertz CT molecular complexity index is 614. The zero-order valence-corrected chi connectivity index (χ0v) is 10.4. The second kappa shape index (κ2) is 5.99. The maximum Gasteiger partial charge on any atom is 0.343 e. The van der Waals surface area contributed by atoms with Crippen LogP contribution in [0.5, 0.6) is 5.75 Å². The first-order chi connectivity index (χ1) is 9.60. The van der Waals surface area contributed by atoms with Crippen molar-refractivity contribution in [1.29, 1.82) is 0 Å². The summed E-state index contributed by atoms with van der Waals surface area (Å²) in [6.45, 7) is -0.0913. The molecule has 0 heterocycles. The second-order valence-corrected chi connectivity index (χ2v) is 4.07. The number of hydrogen-bond acceptors (Lipinski definition) is 4. The van der Waals surface area contributed by atoms with Crippen molar-refractivity contribution in [2.75, 3.05) is 0 Å². The van der Waals surface area contributed by atoms with Gasteiger partial charge in [0.15, 0.2) is 0 Å². The Hall–Kier alpha value is -2.66. The number of aliphatic hydroxyl groups is 1. The molecule has 5 heteroatoms. The maximum absolute atomic E-state index is 11.8. The van der Waals surface area contributed by atoms with Crippen LogP contribution in [0.2, 0.25) is 0 Å². The number of aliphatic hydroxyl groups excluding tert-OH is 1. The fourth-order valence-electron chi connectivity index (χ4n) is 1.58. The molecular formula is C15H12O5. The Morgan fingerprint density at radius 1 is 0.900 bits per heavy atom. The van der Waals surface area contributed by atoms with Gasteiger partial charge >= 0.3 is 11.9 Å². The molecule has 2 N–H and O–H groups in total. The van der Waals surface area contributed by atoms with Gasteiger partial charge in [0, 0.05) is 0 Å². The number of carboxylic acids is 1. The van der Waals surface area contributed by atoms with Gasteiger partial charge in [-0.2, -0.15) is 0 Å². The van der Waals surface area contributed by atoms with Gasteiger partial charge < -0.3 is 14.9 Å². The van der Waals surface area contributed by atoms with Crippen LogP contribution in [0.3, 0.4) is 0 Å². The molecule has 102 valence electrons. The van der Waals surface area contributed by atoms with Crippen LogP contribution in [0.25, 0.3) is 0 Å². The molecule has 0 unspecified atom stereocenters. The first-order valence-electron chi connectivity index (χ1n) is 5.85. The Morgan fingerprint density at radius 2 is 1.45 bits per heavy atom. The van der Waals surface area contributed by atoms with Gasteiger partial charge in [-0.1, -0.05) is 12.1 Å². The van der Waals surface area contributed by atoms with Gasteiger partial charge in [0.2, 0.25) is 0 Å². The quantitative estimate of drug-likeness (QED) is 0.657. The van der Waals surface area contributed by atoms with Crippen LogP contribution >= 0.6 is 0 Å². The average molecular weight is 272 g/mol. The van der Waals surface area contributed by atoms with Crippen molar-refractivity contribution in [3.8, 4) is 5.75 Å². The summed E-state index contributed by atoms with van der Waals surface area (Å²) in [5, 5.41) is 17.7. The van der Waals surface area contributed by atoms with E-state index in [1.807, 2.05) is 0 Å². The van der Waals surface area contributed by atoms with E-state index in [4.69, 9.17) is 14.9 Å². The van der Waals surface area contributed by atoms with Crippen molar-refractivity contribution >= 4 is 11.9 Å². The Morgan fingerprint density at radius 3 is 1.95 bits per heavy atom. The second-order valence-electron chi connectivity index (χ2n) is 4.07. The zero-order valence-electron chi connectivity index (χ0n) is 10.4. The Balaban J connectivity index is 2.08. The molecule has 0 saturated heterocycles. The molecule has 2 rings (SSSR count). The molecular weight excluding hydrogens is 260 g/mol. The maximum atomic E-state index is 11.8. The molecule has 2 aromatic carbocycles. The lowest BCUT2D eigenvalue weighted by Crippen LogP contribution is -2.08. The van der Waals surface area contributed by atoms with Gasteiger partial charge in [0.1, 0.15) is 5.75 Å². The third-order valence-electron chi connectivity index (χ3n) is 2.68. The molecule has 0 fully saturated rings. The summed E-state index contributed by atoms with van der Waals surface area (Å²) in [5.74, 6) is -1.31. The van der Waals surface area contributed by atoms with E-state index in [0.29, 0.717) is 11.1 Å². The molecule has 0 aliphatic heterocycles. The van der Waals surface area contributed by atoms with Gasteiger partial charge in [0.25, 0.3) is 0 Å². The van der Waals surface area contributed by atoms with E-state index in [-0.39, 0.29) is 17.9 Å². The molecule has 0 radical (unpaired) electrons. The van der Waals surface area contributed by atoms with E-state index in [2.05, 4.69) is 0 Å². The minimum atomic E-state index is -1.04. The van der Waals surface area contributed by atoms with Crippen molar-refractivity contribution in [1.82, 2.24) is 0 Å². The summed E-state index contributed by atoms with van der Waals surface area (Å²) < 4.78 is 5.11. The number of hydrogen-bond donors (Lipinski definition) is 2. The highest BCUT2D eigenvalue weighted by Gasteiger charge is 2.09. The Kier molecular flexibility index (Phi) is 4.12. The predicted molar refractivity (Wildman–Crippen MR) is 70.7 cm³/mol. The van der Waals surface area contributed by atoms with Crippen LogP contribution in [0.4, 0.5) is 0 Å². The van der Waals surface area contributed by atoms with E-state index in [9.17, 15) is 9.59 Å². The normalized spacial score (nSPS) is 10.1. The topological polar surface area (TPSA) is 83.8 Å². The number of carboxylic acid groups (broad SMARTS) is 1. The summed E-state index contributed by atoms with van der Waals surface area (Å²) in [6, 6.07) is 11.9. The minimum absolute atomic E-state index is 0.0913. The van der Waals surface area contributed by atoms with Crippen LogP contribution in [-0.2, 0) is 6.61 Å². The van der Waals surface area contributed by atoms with Crippen LogP contribution in [0.15, 0.2) is 48.5 Å². The third-order valence-corrected chi connectivity index (χ3v) is 2.68. The lowest BCUT2D eigenvalue weighted by atomic mass is 10.1. The van der Waals surface area contributed by atoms with Gasteiger partial charge in [0.05, 0.1) is 17.7 Å². The average Bonchev–Trinajstić information content (AvgIpc) is 2.48. The molecule has 0 spiro atoms. The minimum Gasteiger partial charge on any atom is -0.478 e. The predicted octanol–water partition coefficient (Wildman–Crippen LogP) is 2.10. The van der Waals surface area contributed by atoms with Crippen molar-refractivity contribution in [2.45, 2.75) is 6.61 Å². The SMILES string of the molecule is O=C(O)c1ccc(OC(=O)c2ccc(CO)cc2)cc1. The first-order valence-corrected chi connectivity index (χ1v) is 5.85. The van der Waals surface area contributed by atoms with Crippen LogP contribution in [-0.4, -0.2) is 22.2 Å². The number of rotatable bonds is 4. The Labute approximate surface area is 115 Å². The van der Waals surface area contributed by atoms with E-state index in [1.54, 1.807) is 24.3 Å². The van der Waals surface area contributed by atoms with Gasteiger partial charge in [-0.15, -0.1) is 0 Å². The third kappa shape index (κ3) is 3.21. The monoisotopic (exact) mass is 272 g/mol. The number of carbonyl (C=O) groups is 2.